The summed E-state index contributed by atoms with van der Waals surface area (Å²) < 4.78 is 2.00. The number of rotatable bonds is 10. The highest BCUT2D eigenvalue weighted by Crippen LogP contribution is 2.40. The number of nitrogens with zero attached hydrogens (tertiary/aromatic N) is 3. The van der Waals surface area contributed by atoms with Gasteiger partial charge in [0.05, 0.1) is 12.7 Å². The van der Waals surface area contributed by atoms with Crippen LogP contribution in [0.3, 0.4) is 0 Å². The Bertz CT molecular complexity index is 1600. The Hall–Kier alpha value is -3.47. The maximum Gasteiger partial charge on any atom is 0.220 e. The first kappa shape index (κ1) is 25.5. The number of hydrogen-bond donors (Lipinski definition) is 1. The lowest BCUT2D eigenvalue weighted by Crippen LogP contribution is -2.22. The maximum atomic E-state index is 12.6. The molecule has 7 rings (SSSR count). The molecule has 5 heteroatoms. The smallest absolute Gasteiger partial charge is 0.220 e. The topological polar surface area (TPSA) is 59.8 Å². The van der Waals surface area contributed by atoms with Gasteiger partial charge in [-0.15, -0.1) is 5.10 Å². The van der Waals surface area contributed by atoms with Crippen molar-refractivity contribution in [1.29, 1.82) is 0 Å². The molecule has 4 aromatic carbocycles. The van der Waals surface area contributed by atoms with Gasteiger partial charge in [0, 0.05) is 13.0 Å². The van der Waals surface area contributed by atoms with Crippen molar-refractivity contribution in [3.63, 3.8) is 0 Å². The van der Waals surface area contributed by atoms with Crippen molar-refractivity contribution in [2.45, 2.75) is 83.7 Å². The fourth-order valence-corrected chi connectivity index (χ4v) is 7.78. The van der Waals surface area contributed by atoms with E-state index in [1.54, 1.807) is 0 Å². The van der Waals surface area contributed by atoms with Crippen LogP contribution in [0.5, 0.6) is 0 Å². The summed E-state index contributed by atoms with van der Waals surface area (Å²) in [6.07, 6.45) is 15.5. The second-order valence-corrected chi connectivity index (χ2v) is 12.6. The fraction of sp³-hybridized carbons (Fsp3) is 0.457. The van der Waals surface area contributed by atoms with Gasteiger partial charge in [-0.1, -0.05) is 91.9 Å². The van der Waals surface area contributed by atoms with Gasteiger partial charge in [-0.05, 0) is 87.7 Å². The van der Waals surface area contributed by atoms with E-state index in [-0.39, 0.29) is 5.91 Å². The summed E-state index contributed by atoms with van der Waals surface area (Å²) in [6.45, 7) is 1.41. The van der Waals surface area contributed by atoms with Crippen LogP contribution < -0.4 is 5.32 Å². The van der Waals surface area contributed by atoms with Gasteiger partial charge in [0.15, 0.2) is 0 Å². The summed E-state index contributed by atoms with van der Waals surface area (Å²) in [5.74, 6) is 2.70. The number of aromatic nitrogens is 3. The lowest BCUT2D eigenvalue weighted by Gasteiger charge is -2.15. The zero-order chi connectivity index (χ0) is 26.9. The van der Waals surface area contributed by atoms with Crippen LogP contribution in [-0.2, 0) is 24.3 Å². The molecule has 0 bridgehead atoms. The van der Waals surface area contributed by atoms with Crippen LogP contribution in [0.25, 0.3) is 32.3 Å². The monoisotopic (exact) mass is 532 g/mol. The van der Waals surface area contributed by atoms with E-state index in [2.05, 4.69) is 70.2 Å². The quantitative estimate of drug-likeness (QED) is 0.187. The molecular formula is C35H40N4O. The Morgan fingerprint density at radius 1 is 0.850 bits per heavy atom. The second-order valence-electron chi connectivity index (χ2n) is 12.6. The van der Waals surface area contributed by atoms with Gasteiger partial charge in [0.1, 0.15) is 5.69 Å². The lowest BCUT2D eigenvalue weighted by molar-refractivity contribution is -0.121. The predicted octanol–water partition coefficient (Wildman–Crippen LogP) is 7.81. The summed E-state index contributed by atoms with van der Waals surface area (Å²) in [5, 5.41) is 19.6. The molecule has 1 aromatic heterocycles. The number of aryl methyl sites for hydroxylation is 1. The first-order valence-electron chi connectivity index (χ1n) is 15.5. The summed E-state index contributed by atoms with van der Waals surface area (Å²) >= 11 is 0. The highest BCUT2D eigenvalue weighted by molar-refractivity contribution is 6.23. The Kier molecular flexibility index (Phi) is 7.13. The Labute approximate surface area is 236 Å². The van der Waals surface area contributed by atoms with Crippen molar-refractivity contribution in [3.8, 4) is 0 Å². The second kappa shape index (κ2) is 11.2. The standard InChI is InChI=1S/C35H40N4O/c40-33(36-21-31-23-39(38-37-31)22-26-12-11-25(20-26)19-24-5-1-2-6-24)10-4-7-27-13-14-30-16-15-28-8-3-9-29-17-18-32(27)35(30)34(28)29/h3,8-9,13-18,23-26H,1-2,4-7,10-12,19-22H2,(H,36,40). The molecule has 2 aliphatic rings. The third-order valence-corrected chi connectivity index (χ3v) is 9.76. The van der Waals surface area contributed by atoms with E-state index >= 15 is 0 Å². The molecule has 2 atom stereocenters. The summed E-state index contributed by atoms with van der Waals surface area (Å²) in [4.78, 5) is 12.6. The third kappa shape index (κ3) is 5.31. The molecule has 1 N–H and O–H groups in total. The predicted molar refractivity (Wildman–Crippen MR) is 162 cm³/mol. The largest absolute Gasteiger partial charge is 0.350 e. The summed E-state index contributed by atoms with van der Waals surface area (Å²) in [6, 6.07) is 19.9. The molecule has 1 amide bonds. The normalized spacial score (nSPS) is 19.9. The van der Waals surface area contributed by atoms with Crippen molar-refractivity contribution < 1.29 is 4.79 Å². The molecule has 0 radical (unpaired) electrons. The minimum Gasteiger partial charge on any atom is -0.350 e. The first-order chi connectivity index (χ1) is 19.7. The summed E-state index contributed by atoms with van der Waals surface area (Å²) in [5.41, 5.74) is 2.17. The van der Waals surface area contributed by atoms with Crippen molar-refractivity contribution in [1.82, 2.24) is 20.3 Å². The number of benzene rings is 4. The number of carbonyl (C=O) groups excluding carboxylic acids is 1. The van der Waals surface area contributed by atoms with Gasteiger partial charge in [-0.25, -0.2) is 0 Å². The van der Waals surface area contributed by atoms with Gasteiger partial charge in [-0.2, -0.15) is 0 Å². The molecule has 2 saturated carbocycles. The van der Waals surface area contributed by atoms with Crippen LogP contribution in [0.4, 0.5) is 0 Å². The van der Waals surface area contributed by atoms with Gasteiger partial charge >= 0.3 is 0 Å². The number of amides is 1. The van der Waals surface area contributed by atoms with Crippen LogP contribution in [0, 0.1) is 17.8 Å². The average Bonchev–Trinajstić information content (AvgIpc) is 3.75. The molecule has 2 fully saturated rings. The molecule has 2 aliphatic carbocycles. The Morgan fingerprint density at radius 2 is 1.60 bits per heavy atom. The van der Waals surface area contributed by atoms with E-state index in [9.17, 15) is 4.79 Å². The minimum atomic E-state index is 0.0813. The first-order valence-corrected chi connectivity index (χ1v) is 15.5. The fourth-order valence-electron chi connectivity index (χ4n) is 7.78. The number of hydrogen-bond acceptors (Lipinski definition) is 3. The minimum absolute atomic E-state index is 0.0813. The van der Waals surface area contributed by atoms with Crippen LogP contribution >= 0.6 is 0 Å². The van der Waals surface area contributed by atoms with E-state index in [0.717, 1.165) is 42.8 Å². The van der Waals surface area contributed by atoms with Crippen LogP contribution in [0.1, 0.15) is 75.5 Å². The maximum absolute atomic E-state index is 12.6. The van der Waals surface area contributed by atoms with Crippen LogP contribution in [0.2, 0.25) is 0 Å². The molecule has 1 heterocycles. The molecule has 2 unspecified atom stereocenters. The number of carbonyl (C=O) groups is 1. The van der Waals surface area contributed by atoms with E-state index in [4.69, 9.17) is 0 Å². The average molecular weight is 533 g/mol. The molecule has 0 saturated heterocycles. The Balaban J connectivity index is 0.892. The molecule has 5 aromatic rings. The van der Waals surface area contributed by atoms with E-state index in [1.807, 2.05) is 10.9 Å². The van der Waals surface area contributed by atoms with Crippen molar-refractivity contribution >= 4 is 38.2 Å². The zero-order valence-corrected chi connectivity index (χ0v) is 23.4. The number of nitrogens with one attached hydrogen (secondary N) is 1. The van der Waals surface area contributed by atoms with Gasteiger partial charge in [-0.3, -0.25) is 9.48 Å². The van der Waals surface area contributed by atoms with Crippen molar-refractivity contribution in [3.05, 3.63) is 72.1 Å². The van der Waals surface area contributed by atoms with Crippen molar-refractivity contribution in [2.24, 2.45) is 17.8 Å². The van der Waals surface area contributed by atoms with E-state index in [0.29, 0.717) is 13.0 Å². The molecule has 40 heavy (non-hydrogen) atoms. The molecule has 206 valence electrons. The highest BCUT2D eigenvalue weighted by Gasteiger charge is 2.28. The molecule has 0 aliphatic heterocycles. The molecule has 5 nitrogen and oxygen atoms in total. The van der Waals surface area contributed by atoms with Gasteiger partial charge in [0.2, 0.25) is 5.91 Å². The van der Waals surface area contributed by atoms with Crippen LogP contribution in [-0.4, -0.2) is 20.9 Å². The third-order valence-electron chi connectivity index (χ3n) is 9.76. The van der Waals surface area contributed by atoms with Crippen molar-refractivity contribution in [2.75, 3.05) is 0 Å². The summed E-state index contributed by atoms with van der Waals surface area (Å²) in [7, 11) is 0. The van der Waals surface area contributed by atoms with E-state index < -0.39 is 0 Å². The Morgan fingerprint density at radius 3 is 2.45 bits per heavy atom. The highest BCUT2D eigenvalue weighted by atomic mass is 16.1. The van der Waals surface area contributed by atoms with Gasteiger partial charge < -0.3 is 5.32 Å². The zero-order valence-electron chi connectivity index (χ0n) is 23.4. The van der Waals surface area contributed by atoms with Crippen LogP contribution in [0.15, 0.2) is 60.8 Å². The van der Waals surface area contributed by atoms with Gasteiger partial charge in [0.25, 0.3) is 0 Å². The molecular weight excluding hydrogens is 492 g/mol. The lowest BCUT2D eigenvalue weighted by atomic mass is 9.90. The molecule has 0 spiro atoms. The van der Waals surface area contributed by atoms with E-state index in [1.165, 1.54) is 89.2 Å². The SMILES string of the molecule is O=C(CCCc1ccc2ccc3cccc4ccc1c2c34)NCc1cn(CC2CCC(CC3CCCC3)C2)nn1.